The maximum atomic E-state index is 12.1. The minimum Gasteiger partial charge on any atom is -0.349 e. The van der Waals surface area contributed by atoms with Crippen molar-refractivity contribution in [2.24, 2.45) is 5.92 Å². The van der Waals surface area contributed by atoms with Gasteiger partial charge in [-0.1, -0.05) is 28.1 Å². The van der Waals surface area contributed by atoms with Crippen LogP contribution in [0.3, 0.4) is 0 Å². The van der Waals surface area contributed by atoms with Gasteiger partial charge in [-0.25, -0.2) is 0 Å². The van der Waals surface area contributed by atoms with E-state index in [1.807, 2.05) is 31.2 Å². The van der Waals surface area contributed by atoms with Crippen LogP contribution in [0.1, 0.15) is 31.4 Å². The molecule has 0 spiro atoms. The Morgan fingerprint density at radius 1 is 1.56 bits per heavy atom. The van der Waals surface area contributed by atoms with Gasteiger partial charge in [0.05, 0.1) is 12.0 Å². The van der Waals surface area contributed by atoms with Crippen LogP contribution in [0.2, 0.25) is 0 Å². The minimum absolute atomic E-state index is 0.0527. The average Bonchev–Trinajstić information content (AvgIpc) is 2.39. The van der Waals surface area contributed by atoms with Gasteiger partial charge in [0.2, 0.25) is 5.91 Å². The number of carbonyl (C=O) groups is 1. The van der Waals surface area contributed by atoms with Crippen molar-refractivity contribution in [3.8, 4) is 0 Å². The number of piperidine rings is 1. The summed E-state index contributed by atoms with van der Waals surface area (Å²) in [5.74, 6) is 0.281. The average molecular weight is 311 g/mol. The van der Waals surface area contributed by atoms with E-state index in [1.165, 1.54) is 0 Å². The second-order valence-electron chi connectivity index (χ2n) is 4.83. The summed E-state index contributed by atoms with van der Waals surface area (Å²) in [5.41, 5.74) is 1.13. The number of nitrogens with one attached hydrogen (secondary N) is 2. The summed E-state index contributed by atoms with van der Waals surface area (Å²) in [7, 11) is 0. The van der Waals surface area contributed by atoms with Gasteiger partial charge in [-0.3, -0.25) is 4.79 Å². The van der Waals surface area contributed by atoms with Crippen LogP contribution in [-0.2, 0) is 4.79 Å². The van der Waals surface area contributed by atoms with E-state index in [4.69, 9.17) is 0 Å². The summed E-state index contributed by atoms with van der Waals surface area (Å²) in [6.45, 7) is 3.86. The number of hydrogen-bond donors (Lipinski definition) is 2. The zero-order chi connectivity index (χ0) is 13.0. The molecule has 1 aromatic carbocycles. The molecule has 1 aromatic rings. The van der Waals surface area contributed by atoms with Crippen molar-refractivity contribution in [2.45, 2.75) is 25.8 Å². The lowest BCUT2D eigenvalue weighted by Crippen LogP contribution is -2.41. The highest BCUT2D eigenvalue weighted by atomic mass is 79.9. The first-order valence-electron chi connectivity index (χ1n) is 6.43. The predicted octanol–water partition coefficient (Wildman–Crippen LogP) is 2.63. The van der Waals surface area contributed by atoms with Gasteiger partial charge in [-0.05, 0) is 44.0 Å². The van der Waals surface area contributed by atoms with E-state index in [0.717, 1.165) is 36.0 Å². The van der Waals surface area contributed by atoms with Crippen LogP contribution in [0.15, 0.2) is 28.7 Å². The molecule has 1 aliphatic rings. The molecule has 1 fully saturated rings. The molecule has 0 unspecified atom stereocenters. The molecule has 4 heteroatoms. The first kappa shape index (κ1) is 13.6. The lowest BCUT2D eigenvalue weighted by molar-refractivity contribution is -0.126. The fraction of sp³-hybridized carbons (Fsp3) is 0.500. The summed E-state index contributed by atoms with van der Waals surface area (Å²) in [6, 6.07) is 8.11. The first-order chi connectivity index (χ1) is 8.66. The maximum absolute atomic E-state index is 12.1. The van der Waals surface area contributed by atoms with Gasteiger partial charge in [-0.15, -0.1) is 0 Å². The molecule has 0 saturated carbocycles. The van der Waals surface area contributed by atoms with Gasteiger partial charge < -0.3 is 10.6 Å². The SMILES string of the molecule is C[C@@H](NC(=O)[C@@H]1CCCNC1)c1cccc(Br)c1. The third kappa shape index (κ3) is 3.56. The van der Waals surface area contributed by atoms with Gasteiger partial charge in [0.15, 0.2) is 0 Å². The number of benzene rings is 1. The topological polar surface area (TPSA) is 41.1 Å². The van der Waals surface area contributed by atoms with Crippen molar-refractivity contribution in [1.29, 1.82) is 0 Å². The minimum atomic E-state index is 0.0527. The van der Waals surface area contributed by atoms with Crippen LogP contribution in [0.4, 0.5) is 0 Å². The summed E-state index contributed by atoms with van der Waals surface area (Å²) >= 11 is 3.45. The molecular weight excluding hydrogens is 292 g/mol. The maximum Gasteiger partial charge on any atom is 0.224 e. The Balaban J connectivity index is 1.94. The zero-order valence-electron chi connectivity index (χ0n) is 10.6. The van der Waals surface area contributed by atoms with Crippen LogP contribution >= 0.6 is 15.9 Å². The molecule has 1 amide bonds. The Hall–Kier alpha value is -0.870. The fourth-order valence-corrected chi connectivity index (χ4v) is 2.68. The highest BCUT2D eigenvalue weighted by molar-refractivity contribution is 9.10. The molecule has 98 valence electrons. The number of carbonyl (C=O) groups excluding carboxylic acids is 1. The lowest BCUT2D eigenvalue weighted by atomic mass is 9.98. The summed E-state index contributed by atoms with van der Waals surface area (Å²) < 4.78 is 1.04. The Morgan fingerprint density at radius 2 is 2.39 bits per heavy atom. The molecular formula is C14H19BrN2O. The van der Waals surface area contributed by atoms with E-state index in [9.17, 15) is 4.79 Å². The van der Waals surface area contributed by atoms with Crippen molar-refractivity contribution in [1.82, 2.24) is 10.6 Å². The van der Waals surface area contributed by atoms with Crippen LogP contribution < -0.4 is 10.6 Å². The molecule has 0 aromatic heterocycles. The summed E-state index contributed by atoms with van der Waals surface area (Å²) in [6.07, 6.45) is 2.08. The van der Waals surface area contributed by atoms with Gasteiger partial charge in [0.1, 0.15) is 0 Å². The normalized spacial score (nSPS) is 21.3. The van der Waals surface area contributed by atoms with E-state index < -0.39 is 0 Å². The number of halogens is 1. The van der Waals surface area contributed by atoms with Crippen molar-refractivity contribution in [3.63, 3.8) is 0 Å². The Morgan fingerprint density at radius 3 is 3.06 bits per heavy atom. The van der Waals surface area contributed by atoms with E-state index >= 15 is 0 Å². The van der Waals surface area contributed by atoms with E-state index in [1.54, 1.807) is 0 Å². The summed E-state index contributed by atoms with van der Waals surface area (Å²) in [4.78, 5) is 12.1. The van der Waals surface area contributed by atoms with Gasteiger partial charge in [0, 0.05) is 11.0 Å². The Bertz CT molecular complexity index is 416. The molecule has 3 nitrogen and oxygen atoms in total. The Kier molecular flexibility index (Phi) is 4.78. The van der Waals surface area contributed by atoms with Crippen LogP contribution in [0, 0.1) is 5.92 Å². The van der Waals surface area contributed by atoms with Gasteiger partial charge >= 0.3 is 0 Å². The van der Waals surface area contributed by atoms with E-state index in [2.05, 4.69) is 26.6 Å². The van der Waals surface area contributed by atoms with Crippen LogP contribution in [0.25, 0.3) is 0 Å². The van der Waals surface area contributed by atoms with Crippen LogP contribution in [-0.4, -0.2) is 19.0 Å². The first-order valence-corrected chi connectivity index (χ1v) is 7.22. The number of rotatable bonds is 3. The lowest BCUT2D eigenvalue weighted by Gasteiger charge is -2.24. The molecule has 1 saturated heterocycles. The smallest absolute Gasteiger partial charge is 0.224 e. The largest absolute Gasteiger partial charge is 0.349 e. The molecule has 18 heavy (non-hydrogen) atoms. The standard InChI is InChI=1S/C14H19BrN2O/c1-10(11-4-2-6-13(15)8-11)17-14(18)12-5-3-7-16-9-12/h2,4,6,8,10,12,16H,3,5,7,9H2,1H3,(H,17,18)/t10-,12-/m1/s1. The van der Waals surface area contributed by atoms with Gasteiger partial charge in [0.25, 0.3) is 0 Å². The third-order valence-electron chi connectivity index (χ3n) is 3.38. The van der Waals surface area contributed by atoms with Gasteiger partial charge in [-0.2, -0.15) is 0 Å². The van der Waals surface area contributed by atoms with E-state index in [0.29, 0.717) is 0 Å². The second-order valence-corrected chi connectivity index (χ2v) is 5.74. The van der Waals surface area contributed by atoms with Crippen molar-refractivity contribution < 1.29 is 4.79 Å². The second kappa shape index (κ2) is 6.34. The third-order valence-corrected chi connectivity index (χ3v) is 3.87. The molecule has 1 heterocycles. The molecule has 1 aliphatic heterocycles. The van der Waals surface area contributed by atoms with Crippen molar-refractivity contribution >= 4 is 21.8 Å². The number of amides is 1. The Labute approximate surface area is 116 Å². The summed E-state index contributed by atoms with van der Waals surface area (Å²) in [5, 5.41) is 6.36. The van der Waals surface area contributed by atoms with E-state index in [-0.39, 0.29) is 17.9 Å². The van der Waals surface area contributed by atoms with Crippen molar-refractivity contribution in [3.05, 3.63) is 34.3 Å². The fourth-order valence-electron chi connectivity index (χ4n) is 2.27. The highest BCUT2D eigenvalue weighted by Crippen LogP contribution is 2.19. The zero-order valence-corrected chi connectivity index (χ0v) is 12.2. The molecule has 0 aliphatic carbocycles. The molecule has 0 bridgehead atoms. The van der Waals surface area contributed by atoms with Crippen molar-refractivity contribution in [2.75, 3.05) is 13.1 Å². The molecule has 2 atom stereocenters. The van der Waals surface area contributed by atoms with Crippen LogP contribution in [0.5, 0.6) is 0 Å². The molecule has 0 radical (unpaired) electrons. The molecule has 2 rings (SSSR count). The number of hydrogen-bond acceptors (Lipinski definition) is 2. The highest BCUT2D eigenvalue weighted by Gasteiger charge is 2.22. The predicted molar refractivity (Wildman–Crippen MR) is 76.3 cm³/mol. The monoisotopic (exact) mass is 310 g/mol. The quantitative estimate of drug-likeness (QED) is 0.901. The molecule has 2 N–H and O–H groups in total.